The Morgan fingerprint density at radius 3 is 2.82 bits per heavy atom. The summed E-state index contributed by atoms with van der Waals surface area (Å²) in [6.45, 7) is 4.05. The number of para-hydroxylation sites is 1. The van der Waals surface area contributed by atoms with E-state index < -0.39 is 0 Å². The van der Waals surface area contributed by atoms with Crippen LogP contribution in [-0.4, -0.2) is 10.8 Å². The Labute approximate surface area is 102 Å². The van der Waals surface area contributed by atoms with Crippen molar-refractivity contribution in [3.8, 4) is 0 Å². The Morgan fingerprint density at radius 1 is 1.29 bits per heavy atom. The van der Waals surface area contributed by atoms with E-state index in [0.717, 1.165) is 28.6 Å². The maximum Gasteiger partial charge on any atom is 0.138 e. The van der Waals surface area contributed by atoms with E-state index in [1.165, 1.54) is 0 Å². The average molecular weight is 227 g/mol. The van der Waals surface area contributed by atoms with Gasteiger partial charge in [-0.05, 0) is 31.0 Å². The lowest BCUT2D eigenvalue weighted by atomic mass is 10.0. The first-order valence-corrected chi connectivity index (χ1v) is 6.07. The van der Waals surface area contributed by atoms with Crippen LogP contribution in [0.25, 0.3) is 10.9 Å². The van der Waals surface area contributed by atoms with E-state index in [-0.39, 0.29) is 5.78 Å². The second-order valence-electron chi connectivity index (χ2n) is 4.41. The molecule has 0 bridgehead atoms. The van der Waals surface area contributed by atoms with Crippen LogP contribution in [0, 0.1) is 6.92 Å². The molecule has 0 atom stereocenters. The fraction of sp³-hybridized carbons (Fsp3) is 0.333. The van der Waals surface area contributed by atoms with Crippen molar-refractivity contribution in [1.82, 2.24) is 4.98 Å². The molecule has 0 aliphatic heterocycles. The van der Waals surface area contributed by atoms with Crippen LogP contribution in [0.1, 0.15) is 31.0 Å². The zero-order chi connectivity index (χ0) is 12.3. The third kappa shape index (κ3) is 2.70. The summed E-state index contributed by atoms with van der Waals surface area (Å²) in [4.78, 5) is 16.2. The molecule has 1 aromatic heterocycles. The Morgan fingerprint density at radius 2 is 2.06 bits per heavy atom. The topological polar surface area (TPSA) is 30.0 Å². The molecular formula is C15H17NO. The summed E-state index contributed by atoms with van der Waals surface area (Å²) in [5.41, 5.74) is 2.99. The molecule has 0 amide bonds. The summed E-state index contributed by atoms with van der Waals surface area (Å²) in [5.74, 6) is 0.276. The van der Waals surface area contributed by atoms with Crippen molar-refractivity contribution < 1.29 is 4.79 Å². The van der Waals surface area contributed by atoms with Crippen LogP contribution in [0.4, 0.5) is 0 Å². The number of carbonyl (C=O) groups is 1. The van der Waals surface area contributed by atoms with Crippen molar-refractivity contribution >= 4 is 16.7 Å². The maximum atomic E-state index is 11.7. The maximum absolute atomic E-state index is 11.7. The molecular weight excluding hydrogens is 210 g/mol. The van der Waals surface area contributed by atoms with E-state index in [2.05, 4.69) is 11.1 Å². The van der Waals surface area contributed by atoms with Gasteiger partial charge in [-0.3, -0.25) is 9.78 Å². The fourth-order valence-electron chi connectivity index (χ4n) is 1.99. The first-order chi connectivity index (χ1) is 8.20. The number of hydrogen-bond acceptors (Lipinski definition) is 2. The number of pyridine rings is 1. The monoisotopic (exact) mass is 227 g/mol. The van der Waals surface area contributed by atoms with Gasteiger partial charge in [0.2, 0.25) is 0 Å². The highest BCUT2D eigenvalue weighted by molar-refractivity contribution is 5.83. The van der Waals surface area contributed by atoms with Gasteiger partial charge in [0.05, 0.1) is 11.2 Å². The number of hydrogen-bond donors (Lipinski definition) is 0. The molecule has 1 heterocycles. The molecule has 2 aromatic rings. The number of fused-ring (bicyclic) bond motifs is 1. The van der Waals surface area contributed by atoms with E-state index in [4.69, 9.17) is 0 Å². The van der Waals surface area contributed by atoms with Gasteiger partial charge >= 0.3 is 0 Å². The van der Waals surface area contributed by atoms with Gasteiger partial charge in [0.15, 0.2) is 0 Å². The SMILES string of the molecule is CCCC(=O)Cc1nc2ccccc2cc1C. The average Bonchev–Trinajstić information content (AvgIpc) is 2.30. The number of carbonyl (C=O) groups excluding carboxylic acids is 1. The fourth-order valence-corrected chi connectivity index (χ4v) is 1.99. The Kier molecular flexibility index (Phi) is 3.52. The van der Waals surface area contributed by atoms with Gasteiger partial charge in [0.1, 0.15) is 5.78 Å². The summed E-state index contributed by atoms with van der Waals surface area (Å²) < 4.78 is 0. The lowest BCUT2D eigenvalue weighted by molar-refractivity contribution is -0.118. The van der Waals surface area contributed by atoms with E-state index >= 15 is 0 Å². The van der Waals surface area contributed by atoms with Crippen LogP contribution in [0.2, 0.25) is 0 Å². The molecule has 0 saturated heterocycles. The Balaban J connectivity index is 2.34. The van der Waals surface area contributed by atoms with Crippen molar-refractivity contribution in [3.05, 3.63) is 41.6 Å². The highest BCUT2D eigenvalue weighted by Gasteiger charge is 2.08. The van der Waals surface area contributed by atoms with Gasteiger partial charge in [0, 0.05) is 18.2 Å². The number of benzene rings is 1. The van der Waals surface area contributed by atoms with Crippen LogP contribution in [-0.2, 0) is 11.2 Å². The van der Waals surface area contributed by atoms with Crippen molar-refractivity contribution in [2.45, 2.75) is 33.1 Å². The summed E-state index contributed by atoms with van der Waals surface area (Å²) in [6.07, 6.45) is 2.02. The minimum atomic E-state index is 0.276. The number of ketones is 1. The van der Waals surface area contributed by atoms with Crippen molar-refractivity contribution in [3.63, 3.8) is 0 Å². The molecule has 0 unspecified atom stereocenters. The molecule has 2 nitrogen and oxygen atoms in total. The van der Waals surface area contributed by atoms with E-state index in [1.54, 1.807) is 0 Å². The third-order valence-electron chi connectivity index (χ3n) is 2.91. The highest BCUT2D eigenvalue weighted by atomic mass is 16.1. The molecule has 0 spiro atoms. The molecule has 2 heteroatoms. The molecule has 0 N–H and O–H groups in total. The normalized spacial score (nSPS) is 10.7. The molecule has 0 aliphatic carbocycles. The van der Waals surface area contributed by atoms with Crippen LogP contribution in [0.5, 0.6) is 0 Å². The molecule has 1 aromatic carbocycles. The summed E-state index contributed by atoms with van der Waals surface area (Å²) in [6, 6.07) is 10.1. The molecule has 17 heavy (non-hydrogen) atoms. The predicted molar refractivity (Wildman–Crippen MR) is 70.1 cm³/mol. The van der Waals surface area contributed by atoms with Gasteiger partial charge in [-0.2, -0.15) is 0 Å². The molecule has 88 valence electrons. The first kappa shape index (κ1) is 11.8. The Bertz CT molecular complexity index is 546. The van der Waals surface area contributed by atoms with Gasteiger partial charge in [-0.25, -0.2) is 0 Å². The minimum absolute atomic E-state index is 0.276. The van der Waals surface area contributed by atoms with Crippen molar-refractivity contribution in [2.75, 3.05) is 0 Å². The number of nitrogens with zero attached hydrogens (tertiary/aromatic N) is 1. The van der Waals surface area contributed by atoms with Crippen molar-refractivity contribution in [1.29, 1.82) is 0 Å². The quantitative estimate of drug-likeness (QED) is 0.800. The second-order valence-corrected chi connectivity index (χ2v) is 4.41. The molecule has 0 fully saturated rings. The largest absolute Gasteiger partial charge is 0.299 e. The zero-order valence-electron chi connectivity index (χ0n) is 10.4. The van der Waals surface area contributed by atoms with Crippen LogP contribution >= 0.6 is 0 Å². The number of aryl methyl sites for hydroxylation is 1. The lowest BCUT2D eigenvalue weighted by Gasteiger charge is -2.06. The van der Waals surface area contributed by atoms with Gasteiger partial charge < -0.3 is 0 Å². The van der Waals surface area contributed by atoms with E-state index in [0.29, 0.717) is 12.8 Å². The van der Waals surface area contributed by atoms with E-state index in [9.17, 15) is 4.79 Å². The predicted octanol–water partition coefficient (Wildman–Crippen LogP) is 3.45. The molecule has 0 saturated carbocycles. The molecule has 0 aliphatic rings. The van der Waals surface area contributed by atoms with Gasteiger partial charge in [0.25, 0.3) is 0 Å². The summed E-state index contributed by atoms with van der Waals surface area (Å²) in [5, 5.41) is 1.14. The highest BCUT2D eigenvalue weighted by Crippen LogP contribution is 2.16. The summed E-state index contributed by atoms with van der Waals surface area (Å²) >= 11 is 0. The van der Waals surface area contributed by atoms with Crippen LogP contribution < -0.4 is 0 Å². The van der Waals surface area contributed by atoms with E-state index in [1.807, 2.05) is 38.1 Å². The third-order valence-corrected chi connectivity index (χ3v) is 2.91. The van der Waals surface area contributed by atoms with Crippen LogP contribution in [0.3, 0.4) is 0 Å². The zero-order valence-corrected chi connectivity index (χ0v) is 10.4. The number of Topliss-reactive ketones (excluding diaryl/α,β-unsaturated/α-hetero) is 1. The van der Waals surface area contributed by atoms with Gasteiger partial charge in [-0.15, -0.1) is 0 Å². The smallest absolute Gasteiger partial charge is 0.138 e. The summed E-state index contributed by atoms with van der Waals surface area (Å²) in [7, 11) is 0. The minimum Gasteiger partial charge on any atom is -0.299 e. The van der Waals surface area contributed by atoms with Gasteiger partial charge in [-0.1, -0.05) is 25.1 Å². The second kappa shape index (κ2) is 5.09. The Hall–Kier alpha value is -1.70. The first-order valence-electron chi connectivity index (χ1n) is 6.07. The molecule has 0 radical (unpaired) electrons. The number of rotatable bonds is 4. The molecule has 2 rings (SSSR count). The number of aromatic nitrogens is 1. The van der Waals surface area contributed by atoms with Crippen LogP contribution in [0.15, 0.2) is 30.3 Å². The lowest BCUT2D eigenvalue weighted by Crippen LogP contribution is -2.05. The van der Waals surface area contributed by atoms with Crippen molar-refractivity contribution in [2.24, 2.45) is 0 Å². The standard InChI is InChI=1S/C15H17NO/c1-3-6-13(17)10-15-11(2)9-12-7-4-5-8-14(12)16-15/h4-5,7-9H,3,6,10H2,1-2H3.